The molecular formula is C23H26ClNO2. The smallest absolute Gasteiger partial charge is 0.185 e. The third kappa shape index (κ3) is 5.21. The first-order valence-electron chi connectivity index (χ1n) is 9.48. The summed E-state index contributed by atoms with van der Waals surface area (Å²) in [7, 11) is 0. The van der Waals surface area contributed by atoms with Crippen molar-refractivity contribution in [2.45, 2.75) is 26.7 Å². The summed E-state index contributed by atoms with van der Waals surface area (Å²) in [5, 5.41) is 0.635. The van der Waals surface area contributed by atoms with Gasteiger partial charge in [-0.2, -0.15) is 0 Å². The summed E-state index contributed by atoms with van der Waals surface area (Å²) >= 11 is 6.14. The molecule has 0 N–H and O–H groups in total. The average molecular weight is 384 g/mol. The largest absolute Gasteiger partial charge is 0.492 e. The van der Waals surface area contributed by atoms with Gasteiger partial charge in [0.1, 0.15) is 12.4 Å². The monoisotopic (exact) mass is 383 g/mol. The van der Waals surface area contributed by atoms with Gasteiger partial charge < -0.3 is 4.74 Å². The van der Waals surface area contributed by atoms with Gasteiger partial charge in [-0.25, -0.2) is 0 Å². The van der Waals surface area contributed by atoms with Crippen molar-refractivity contribution in [3.63, 3.8) is 0 Å². The minimum Gasteiger partial charge on any atom is -0.492 e. The van der Waals surface area contributed by atoms with Gasteiger partial charge in [0.2, 0.25) is 0 Å². The molecule has 2 aromatic carbocycles. The second-order valence-electron chi connectivity index (χ2n) is 7.06. The van der Waals surface area contributed by atoms with E-state index < -0.39 is 0 Å². The Bertz CT molecular complexity index is 815. The highest BCUT2D eigenvalue weighted by Gasteiger charge is 2.13. The number of halogens is 1. The van der Waals surface area contributed by atoms with Crippen LogP contribution in [0.2, 0.25) is 5.02 Å². The lowest BCUT2D eigenvalue weighted by Gasteiger charge is -2.17. The van der Waals surface area contributed by atoms with Crippen molar-refractivity contribution >= 4 is 23.5 Å². The van der Waals surface area contributed by atoms with Crippen molar-refractivity contribution < 1.29 is 9.53 Å². The van der Waals surface area contributed by atoms with Crippen molar-refractivity contribution in [2.75, 3.05) is 26.2 Å². The van der Waals surface area contributed by atoms with Crippen LogP contribution in [0.1, 0.15) is 39.9 Å². The van der Waals surface area contributed by atoms with Crippen LogP contribution in [0.25, 0.3) is 6.08 Å². The molecule has 1 aliphatic rings. The first-order chi connectivity index (χ1) is 13.0. The summed E-state index contributed by atoms with van der Waals surface area (Å²) in [5.41, 5.74) is 3.49. The number of rotatable bonds is 7. The molecule has 0 atom stereocenters. The molecule has 4 heteroatoms. The van der Waals surface area contributed by atoms with E-state index in [1.807, 2.05) is 50.2 Å². The number of likely N-dealkylation sites (tertiary alicyclic amines) is 1. The molecule has 27 heavy (non-hydrogen) atoms. The van der Waals surface area contributed by atoms with E-state index in [1.165, 1.54) is 25.9 Å². The van der Waals surface area contributed by atoms with Crippen molar-refractivity contribution in [1.29, 1.82) is 0 Å². The van der Waals surface area contributed by atoms with Crippen molar-refractivity contribution in [3.8, 4) is 5.75 Å². The van der Waals surface area contributed by atoms with Crippen LogP contribution in [0.4, 0.5) is 0 Å². The molecule has 1 fully saturated rings. The average Bonchev–Trinajstić information content (AvgIpc) is 3.16. The second-order valence-corrected chi connectivity index (χ2v) is 7.46. The second kappa shape index (κ2) is 9.20. The van der Waals surface area contributed by atoms with Gasteiger partial charge in [0.05, 0.1) is 0 Å². The lowest BCUT2D eigenvalue weighted by molar-refractivity contribution is 0.104. The molecule has 0 radical (unpaired) electrons. The quantitative estimate of drug-likeness (QED) is 0.478. The van der Waals surface area contributed by atoms with E-state index in [9.17, 15) is 4.79 Å². The molecule has 0 aromatic heterocycles. The van der Waals surface area contributed by atoms with Crippen LogP contribution in [-0.4, -0.2) is 36.9 Å². The molecule has 1 heterocycles. The highest BCUT2D eigenvalue weighted by molar-refractivity contribution is 6.32. The summed E-state index contributed by atoms with van der Waals surface area (Å²) in [6.45, 7) is 7.97. The molecule has 0 spiro atoms. The third-order valence-corrected chi connectivity index (χ3v) is 5.26. The topological polar surface area (TPSA) is 29.5 Å². The maximum absolute atomic E-state index is 12.6. The maximum atomic E-state index is 12.6. The van der Waals surface area contributed by atoms with Crippen LogP contribution in [0, 0.1) is 13.8 Å². The van der Waals surface area contributed by atoms with Gasteiger partial charge in [0.15, 0.2) is 5.78 Å². The number of benzene rings is 2. The fourth-order valence-corrected chi connectivity index (χ4v) is 3.67. The fourth-order valence-electron chi connectivity index (χ4n) is 3.48. The summed E-state index contributed by atoms with van der Waals surface area (Å²) < 4.78 is 6.02. The van der Waals surface area contributed by atoms with E-state index in [1.54, 1.807) is 12.2 Å². The van der Waals surface area contributed by atoms with E-state index in [2.05, 4.69) is 4.90 Å². The van der Waals surface area contributed by atoms with Gasteiger partial charge in [0, 0.05) is 17.1 Å². The number of ketones is 1. The number of aryl methyl sites for hydroxylation is 2. The molecule has 0 unspecified atom stereocenters. The Balaban J connectivity index is 1.66. The van der Waals surface area contributed by atoms with Gasteiger partial charge in [0.25, 0.3) is 0 Å². The summed E-state index contributed by atoms with van der Waals surface area (Å²) in [5.74, 6) is 0.852. The zero-order chi connectivity index (χ0) is 19.2. The number of carbonyl (C=O) groups excluding carboxylic acids is 1. The number of allylic oxidation sites excluding steroid dienone is 1. The zero-order valence-electron chi connectivity index (χ0n) is 16.0. The Labute approximate surface area is 166 Å². The van der Waals surface area contributed by atoms with Crippen molar-refractivity contribution in [3.05, 3.63) is 69.8 Å². The predicted octanol–water partition coefficient (Wildman–Crippen LogP) is 5.33. The molecule has 1 aliphatic heterocycles. The molecule has 0 aliphatic carbocycles. The Morgan fingerprint density at radius 3 is 2.48 bits per heavy atom. The minimum atomic E-state index is -0.0373. The molecule has 1 saturated heterocycles. The van der Waals surface area contributed by atoms with Crippen LogP contribution in [0.3, 0.4) is 0 Å². The Morgan fingerprint density at radius 1 is 1.15 bits per heavy atom. The highest BCUT2D eigenvalue weighted by atomic mass is 35.5. The van der Waals surface area contributed by atoms with Crippen LogP contribution in [0.15, 0.2) is 42.5 Å². The summed E-state index contributed by atoms with van der Waals surface area (Å²) in [4.78, 5) is 15.0. The maximum Gasteiger partial charge on any atom is 0.185 e. The van der Waals surface area contributed by atoms with Crippen molar-refractivity contribution in [1.82, 2.24) is 4.90 Å². The molecule has 0 bridgehead atoms. The minimum absolute atomic E-state index is 0.0373. The normalized spacial score (nSPS) is 14.8. The van der Waals surface area contributed by atoms with Crippen LogP contribution in [0.5, 0.6) is 5.75 Å². The first kappa shape index (κ1) is 19.7. The third-order valence-electron chi connectivity index (χ3n) is 4.92. The van der Waals surface area contributed by atoms with E-state index in [-0.39, 0.29) is 5.78 Å². The zero-order valence-corrected chi connectivity index (χ0v) is 16.8. The van der Waals surface area contributed by atoms with E-state index >= 15 is 0 Å². The van der Waals surface area contributed by atoms with Crippen LogP contribution < -0.4 is 4.74 Å². The molecule has 3 rings (SSSR count). The number of hydrogen-bond acceptors (Lipinski definition) is 3. The molecule has 0 amide bonds. The van der Waals surface area contributed by atoms with Gasteiger partial charge >= 0.3 is 0 Å². The van der Waals surface area contributed by atoms with Crippen LogP contribution in [-0.2, 0) is 0 Å². The Hall–Kier alpha value is -2.10. The Morgan fingerprint density at radius 2 is 1.81 bits per heavy atom. The lowest BCUT2D eigenvalue weighted by Crippen LogP contribution is -2.25. The van der Waals surface area contributed by atoms with Gasteiger partial charge in [-0.1, -0.05) is 29.8 Å². The Kier molecular flexibility index (Phi) is 6.70. The summed E-state index contributed by atoms with van der Waals surface area (Å²) in [6, 6.07) is 11.3. The lowest BCUT2D eigenvalue weighted by atomic mass is 10.0. The van der Waals surface area contributed by atoms with Gasteiger partial charge in [-0.05, 0) is 86.8 Å². The number of hydrogen-bond donors (Lipinski definition) is 0. The highest BCUT2D eigenvalue weighted by Crippen LogP contribution is 2.26. The molecule has 0 saturated carbocycles. The molecule has 3 nitrogen and oxygen atoms in total. The van der Waals surface area contributed by atoms with Gasteiger partial charge in [-0.15, -0.1) is 0 Å². The van der Waals surface area contributed by atoms with Crippen molar-refractivity contribution in [2.24, 2.45) is 0 Å². The number of carbonyl (C=O) groups is 1. The number of ether oxygens (including phenoxy) is 1. The molecule has 2 aromatic rings. The molecular weight excluding hydrogens is 358 g/mol. The van der Waals surface area contributed by atoms with E-state index in [4.69, 9.17) is 16.3 Å². The summed E-state index contributed by atoms with van der Waals surface area (Å²) in [6.07, 6.45) is 5.91. The van der Waals surface area contributed by atoms with E-state index in [0.29, 0.717) is 17.2 Å². The predicted molar refractivity (Wildman–Crippen MR) is 112 cm³/mol. The SMILES string of the molecule is Cc1cc(C(=O)/C=C/c2ccccc2Cl)cc(C)c1OCCN1CCCC1. The van der Waals surface area contributed by atoms with E-state index in [0.717, 1.165) is 29.0 Å². The fraction of sp³-hybridized carbons (Fsp3) is 0.348. The number of nitrogens with zero attached hydrogens (tertiary/aromatic N) is 1. The van der Waals surface area contributed by atoms with Crippen LogP contribution >= 0.6 is 11.6 Å². The van der Waals surface area contributed by atoms with Gasteiger partial charge in [-0.3, -0.25) is 9.69 Å². The standard InChI is InChI=1S/C23H26ClNO2/c1-17-15-20(22(26)10-9-19-7-3-4-8-21(19)24)16-18(2)23(17)27-14-13-25-11-5-6-12-25/h3-4,7-10,15-16H,5-6,11-14H2,1-2H3/b10-9+. The molecule has 142 valence electrons. The first-order valence-corrected chi connectivity index (χ1v) is 9.86.